The van der Waals surface area contributed by atoms with Crippen molar-refractivity contribution < 1.29 is 14.2 Å². The molecule has 0 fully saturated rings. The summed E-state index contributed by atoms with van der Waals surface area (Å²) in [6.07, 6.45) is 1.52. The highest BCUT2D eigenvalue weighted by atomic mass is 28.3. The van der Waals surface area contributed by atoms with Crippen LogP contribution in [0, 0.1) is 5.82 Å². The summed E-state index contributed by atoms with van der Waals surface area (Å²) in [4.78, 5) is 0. The number of aromatic hydroxyl groups is 1. The van der Waals surface area contributed by atoms with E-state index in [1.165, 1.54) is 12.3 Å². The number of halogens is 1. The van der Waals surface area contributed by atoms with E-state index >= 15 is 0 Å². The van der Waals surface area contributed by atoms with Crippen LogP contribution in [0.2, 0.25) is 25.7 Å². The lowest BCUT2D eigenvalue weighted by Gasteiger charge is -2.15. The Labute approximate surface area is 112 Å². The number of hydrogen-bond acceptors (Lipinski definition) is 3. The van der Waals surface area contributed by atoms with Gasteiger partial charge in [0, 0.05) is 26.8 Å². The number of rotatable bonds is 5. The summed E-state index contributed by atoms with van der Waals surface area (Å²) in [5.41, 5.74) is 0.547. The lowest BCUT2D eigenvalue weighted by atomic mass is 10.2. The fraction of sp³-hybridized carbons (Fsp3) is 0.462. The molecule has 1 N–H and O–H groups in total. The minimum atomic E-state index is -1.11. The first-order chi connectivity index (χ1) is 8.87. The smallest absolute Gasteiger partial charge is 0.139 e. The van der Waals surface area contributed by atoms with Gasteiger partial charge >= 0.3 is 0 Å². The maximum atomic E-state index is 13.3. The Morgan fingerprint density at radius 1 is 1.37 bits per heavy atom. The van der Waals surface area contributed by atoms with Gasteiger partial charge in [0.25, 0.3) is 0 Å². The molecule has 0 spiro atoms. The average Bonchev–Trinajstić information content (AvgIpc) is 2.66. The Morgan fingerprint density at radius 2 is 2.11 bits per heavy atom. The van der Waals surface area contributed by atoms with E-state index < -0.39 is 13.9 Å². The van der Waals surface area contributed by atoms with Crippen LogP contribution in [0.5, 0.6) is 5.75 Å². The zero-order valence-corrected chi connectivity index (χ0v) is 12.5. The van der Waals surface area contributed by atoms with Crippen molar-refractivity contribution in [2.45, 2.75) is 32.4 Å². The van der Waals surface area contributed by atoms with Crippen LogP contribution in [0.25, 0.3) is 10.9 Å². The molecule has 0 unspecified atom stereocenters. The fourth-order valence-electron chi connectivity index (χ4n) is 1.76. The van der Waals surface area contributed by atoms with Gasteiger partial charge in [0.05, 0.1) is 17.1 Å². The maximum Gasteiger partial charge on any atom is 0.139 e. The van der Waals surface area contributed by atoms with E-state index in [0.717, 1.165) is 12.1 Å². The number of nitrogens with zero attached hydrogens (tertiary/aromatic N) is 2. The van der Waals surface area contributed by atoms with Crippen molar-refractivity contribution in [1.29, 1.82) is 0 Å². The van der Waals surface area contributed by atoms with Crippen molar-refractivity contribution in [2.75, 3.05) is 6.61 Å². The van der Waals surface area contributed by atoms with Crippen molar-refractivity contribution in [3.63, 3.8) is 0 Å². The molecule has 4 nitrogen and oxygen atoms in total. The van der Waals surface area contributed by atoms with Gasteiger partial charge in [0.15, 0.2) is 0 Å². The molecule has 0 aliphatic rings. The Kier molecular flexibility index (Phi) is 3.91. The third-order valence-corrected chi connectivity index (χ3v) is 4.62. The molecule has 1 heterocycles. The molecule has 2 aromatic rings. The van der Waals surface area contributed by atoms with Gasteiger partial charge in [-0.1, -0.05) is 19.6 Å². The van der Waals surface area contributed by atoms with Gasteiger partial charge in [-0.15, -0.1) is 0 Å². The van der Waals surface area contributed by atoms with E-state index in [1.54, 1.807) is 4.68 Å². The summed E-state index contributed by atoms with van der Waals surface area (Å²) in [6.45, 7) is 7.81. The van der Waals surface area contributed by atoms with Crippen LogP contribution in [-0.2, 0) is 11.5 Å². The second-order valence-corrected chi connectivity index (χ2v) is 11.5. The molecule has 6 heteroatoms. The van der Waals surface area contributed by atoms with Gasteiger partial charge in [0.2, 0.25) is 0 Å². The summed E-state index contributed by atoms with van der Waals surface area (Å²) in [6, 6.07) is 3.51. The van der Waals surface area contributed by atoms with Crippen LogP contribution in [0.4, 0.5) is 4.39 Å². The first-order valence-electron chi connectivity index (χ1n) is 6.28. The molecule has 104 valence electrons. The van der Waals surface area contributed by atoms with Gasteiger partial charge < -0.3 is 9.84 Å². The van der Waals surface area contributed by atoms with Crippen LogP contribution < -0.4 is 0 Å². The minimum absolute atomic E-state index is 0.0941. The summed E-state index contributed by atoms with van der Waals surface area (Å²) < 4.78 is 20.4. The van der Waals surface area contributed by atoms with E-state index in [1.807, 2.05) is 0 Å². The third-order valence-electron chi connectivity index (χ3n) is 2.92. The number of aromatic nitrogens is 2. The van der Waals surface area contributed by atoms with Gasteiger partial charge in [-0.3, -0.25) is 0 Å². The molecule has 0 aliphatic carbocycles. The highest BCUT2D eigenvalue weighted by Crippen LogP contribution is 2.25. The van der Waals surface area contributed by atoms with E-state index in [-0.39, 0.29) is 12.5 Å². The van der Waals surface area contributed by atoms with E-state index in [4.69, 9.17) is 4.74 Å². The highest BCUT2D eigenvalue weighted by molar-refractivity contribution is 6.76. The second-order valence-electron chi connectivity index (χ2n) is 5.85. The van der Waals surface area contributed by atoms with E-state index in [2.05, 4.69) is 24.7 Å². The number of phenolic OH excluding ortho intramolecular Hbond substituents is 1. The highest BCUT2D eigenvalue weighted by Gasteiger charge is 2.13. The normalized spacial score (nSPS) is 12.2. The van der Waals surface area contributed by atoms with Crippen LogP contribution >= 0.6 is 0 Å². The largest absolute Gasteiger partial charge is 0.507 e. The van der Waals surface area contributed by atoms with Gasteiger partial charge in [0.1, 0.15) is 18.3 Å². The zero-order chi connectivity index (χ0) is 14.0. The summed E-state index contributed by atoms with van der Waals surface area (Å²) in [7, 11) is -1.11. The molecule has 0 amide bonds. The van der Waals surface area contributed by atoms with Crippen molar-refractivity contribution in [1.82, 2.24) is 9.78 Å². The van der Waals surface area contributed by atoms with Gasteiger partial charge in [-0.25, -0.2) is 9.07 Å². The summed E-state index contributed by atoms with van der Waals surface area (Å²) >= 11 is 0. The van der Waals surface area contributed by atoms with Crippen LogP contribution in [0.1, 0.15) is 0 Å². The molecule has 0 saturated carbocycles. The first kappa shape index (κ1) is 14.0. The predicted molar refractivity (Wildman–Crippen MR) is 75.5 cm³/mol. The molecule has 0 atom stereocenters. The Bertz CT molecular complexity index is 578. The molecule has 1 aromatic carbocycles. The number of benzene rings is 1. The van der Waals surface area contributed by atoms with Crippen LogP contribution in [0.15, 0.2) is 18.3 Å². The van der Waals surface area contributed by atoms with Crippen molar-refractivity contribution in [3.05, 3.63) is 24.1 Å². The zero-order valence-electron chi connectivity index (χ0n) is 11.5. The topological polar surface area (TPSA) is 47.3 Å². The SMILES string of the molecule is C[Si](C)(C)CCOCn1ncc2c(O)cc(F)cc21. The predicted octanol–water partition coefficient (Wildman–Crippen LogP) is 3.19. The Balaban J connectivity index is 2.05. The molecule has 0 saturated heterocycles. The van der Waals surface area contributed by atoms with Crippen LogP contribution in [0.3, 0.4) is 0 Å². The van der Waals surface area contributed by atoms with E-state index in [9.17, 15) is 9.50 Å². The summed E-state index contributed by atoms with van der Waals surface area (Å²) in [5.74, 6) is -0.572. The molecule has 0 radical (unpaired) electrons. The first-order valence-corrected chi connectivity index (χ1v) is 9.99. The molecule has 1 aromatic heterocycles. The second kappa shape index (κ2) is 5.30. The molecule has 0 bridgehead atoms. The molecular formula is C13H19FN2O2Si. The van der Waals surface area contributed by atoms with Gasteiger partial charge in [-0.05, 0) is 6.04 Å². The molecular weight excluding hydrogens is 263 g/mol. The number of hydrogen-bond donors (Lipinski definition) is 1. The standard InChI is InChI=1S/C13H19FN2O2Si/c1-19(2,3)5-4-18-9-16-12-6-10(14)7-13(17)11(12)8-15-16/h6-8,17H,4-5,9H2,1-3H3. The van der Waals surface area contributed by atoms with Gasteiger partial charge in [-0.2, -0.15) is 5.10 Å². The Hall–Kier alpha value is -1.40. The number of ether oxygens (including phenoxy) is 1. The fourth-order valence-corrected chi connectivity index (χ4v) is 2.51. The minimum Gasteiger partial charge on any atom is -0.507 e. The van der Waals surface area contributed by atoms with Crippen molar-refractivity contribution in [2.24, 2.45) is 0 Å². The van der Waals surface area contributed by atoms with Crippen molar-refractivity contribution in [3.8, 4) is 5.75 Å². The quantitative estimate of drug-likeness (QED) is 0.676. The van der Waals surface area contributed by atoms with Crippen LogP contribution in [-0.4, -0.2) is 29.6 Å². The molecule has 2 rings (SSSR count). The molecule has 19 heavy (non-hydrogen) atoms. The Morgan fingerprint density at radius 3 is 2.79 bits per heavy atom. The van der Waals surface area contributed by atoms with E-state index in [0.29, 0.717) is 17.5 Å². The third kappa shape index (κ3) is 3.54. The maximum absolute atomic E-state index is 13.3. The lowest BCUT2D eigenvalue weighted by molar-refractivity contribution is 0.0817. The summed E-state index contributed by atoms with van der Waals surface area (Å²) in [5, 5.41) is 14.3. The number of phenols is 1. The molecule has 0 aliphatic heterocycles. The number of fused-ring (bicyclic) bond motifs is 1. The van der Waals surface area contributed by atoms with Crippen molar-refractivity contribution >= 4 is 19.0 Å². The average molecular weight is 282 g/mol. The monoisotopic (exact) mass is 282 g/mol. The lowest BCUT2D eigenvalue weighted by Crippen LogP contribution is -2.22.